The minimum Gasteiger partial charge on any atom is -0.496 e. The average molecular weight is 424 g/mol. The highest BCUT2D eigenvalue weighted by Gasteiger charge is 2.27. The summed E-state index contributed by atoms with van der Waals surface area (Å²) in [4.78, 5) is 27.5. The van der Waals surface area contributed by atoms with Gasteiger partial charge in [-0.25, -0.2) is 4.39 Å². The van der Waals surface area contributed by atoms with E-state index in [1.54, 1.807) is 39.8 Å². The fraction of sp³-hybridized carbons (Fsp3) is 0.333. The highest BCUT2D eigenvalue weighted by molar-refractivity contribution is 5.97. The first-order valence-corrected chi connectivity index (χ1v) is 10.4. The first kappa shape index (κ1) is 20.9. The third-order valence-electron chi connectivity index (χ3n) is 5.73. The van der Waals surface area contributed by atoms with Crippen molar-refractivity contribution in [1.82, 2.24) is 9.47 Å². The predicted octanol–water partition coefficient (Wildman–Crippen LogP) is 4.03. The summed E-state index contributed by atoms with van der Waals surface area (Å²) in [5.74, 6) is 0.632. The Morgan fingerprint density at radius 2 is 1.84 bits per heavy atom. The van der Waals surface area contributed by atoms with Crippen molar-refractivity contribution in [3.05, 3.63) is 70.3 Å². The number of methoxy groups -OCH3 is 1. The van der Waals surface area contributed by atoms with Crippen LogP contribution < -0.4 is 15.0 Å². The van der Waals surface area contributed by atoms with Crippen LogP contribution in [-0.4, -0.2) is 42.2 Å². The summed E-state index contributed by atoms with van der Waals surface area (Å²) >= 11 is 0. The number of likely N-dealkylation sites (tertiary alicyclic amines) is 1. The third kappa shape index (κ3) is 4.13. The van der Waals surface area contributed by atoms with Gasteiger partial charge in [0.05, 0.1) is 24.8 Å². The number of ether oxygens (including phenoxy) is 2. The van der Waals surface area contributed by atoms with Gasteiger partial charge in [0, 0.05) is 31.3 Å². The van der Waals surface area contributed by atoms with Gasteiger partial charge in [-0.1, -0.05) is 0 Å². The third-order valence-corrected chi connectivity index (χ3v) is 5.73. The summed E-state index contributed by atoms with van der Waals surface area (Å²) < 4.78 is 26.4. The van der Waals surface area contributed by atoms with Gasteiger partial charge in [0.2, 0.25) is 0 Å². The molecule has 1 aliphatic heterocycles. The van der Waals surface area contributed by atoms with Gasteiger partial charge in [-0.3, -0.25) is 9.59 Å². The van der Waals surface area contributed by atoms with Crippen molar-refractivity contribution < 1.29 is 18.7 Å². The summed E-state index contributed by atoms with van der Waals surface area (Å²) in [5, 5.41) is 0.818. The number of piperidine rings is 1. The minimum absolute atomic E-state index is 0.0933. The summed E-state index contributed by atoms with van der Waals surface area (Å²) in [6, 6.07) is 12.8. The standard InChI is InChI=1S/C24H25FN2O4/c1-3-31-19-7-8-20(22(15-19)30-2)24(29)26-12-10-18(11-13-26)27-21-14-17(25)6-4-16(21)5-9-23(27)28/h4-9,14-15,18H,3,10-13H2,1-2H3. The van der Waals surface area contributed by atoms with Crippen LogP contribution in [0.25, 0.3) is 10.9 Å². The van der Waals surface area contributed by atoms with E-state index in [0.29, 0.717) is 55.1 Å². The smallest absolute Gasteiger partial charge is 0.257 e. The minimum atomic E-state index is -0.373. The molecule has 7 heteroatoms. The summed E-state index contributed by atoms with van der Waals surface area (Å²) in [6.45, 7) is 3.42. The van der Waals surface area contributed by atoms with Crippen molar-refractivity contribution >= 4 is 16.8 Å². The Morgan fingerprint density at radius 1 is 1.10 bits per heavy atom. The molecule has 0 radical (unpaired) electrons. The molecular formula is C24H25FN2O4. The van der Waals surface area contributed by atoms with Crippen LogP contribution >= 0.6 is 0 Å². The second kappa shape index (κ2) is 8.79. The van der Waals surface area contributed by atoms with Crippen LogP contribution in [0.1, 0.15) is 36.2 Å². The van der Waals surface area contributed by atoms with Gasteiger partial charge >= 0.3 is 0 Å². The molecule has 0 bridgehead atoms. The Balaban J connectivity index is 1.54. The molecule has 1 saturated heterocycles. The van der Waals surface area contributed by atoms with Crippen molar-refractivity contribution in [2.45, 2.75) is 25.8 Å². The molecule has 2 heterocycles. The van der Waals surface area contributed by atoms with E-state index in [2.05, 4.69) is 0 Å². The zero-order valence-electron chi connectivity index (χ0n) is 17.6. The fourth-order valence-corrected chi connectivity index (χ4v) is 4.21. The van der Waals surface area contributed by atoms with Gasteiger partial charge in [-0.05, 0) is 61.5 Å². The van der Waals surface area contributed by atoms with Gasteiger partial charge in [0.25, 0.3) is 11.5 Å². The van der Waals surface area contributed by atoms with Gasteiger partial charge in [0.1, 0.15) is 17.3 Å². The quantitative estimate of drug-likeness (QED) is 0.621. The van der Waals surface area contributed by atoms with E-state index in [0.717, 1.165) is 5.39 Å². The van der Waals surface area contributed by atoms with Crippen molar-refractivity contribution in [3.8, 4) is 11.5 Å². The number of amides is 1. The van der Waals surface area contributed by atoms with Gasteiger partial charge < -0.3 is 18.9 Å². The van der Waals surface area contributed by atoms with Gasteiger partial charge in [-0.2, -0.15) is 0 Å². The Hall–Kier alpha value is -3.35. The van der Waals surface area contributed by atoms with Gasteiger partial charge in [0.15, 0.2) is 0 Å². The molecule has 1 aromatic heterocycles. The topological polar surface area (TPSA) is 60.8 Å². The van der Waals surface area contributed by atoms with E-state index in [9.17, 15) is 14.0 Å². The first-order chi connectivity index (χ1) is 15.0. The lowest BCUT2D eigenvalue weighted by molar-refractivity contribution is 0.0691. The number of benzene rings is 2. The number of nitrogens with zero attached hydrogens (tertiary/aromatic N) is 2. The lowest BCUT2D eigenvalue weighted by Gasteiger charge is -2.33. The molecule has 0 atom stereocenters. The largest absolute Gasteiger partial charge is 0.496 e. The van der Waals surface area contributed by atoms with Crippen molar-refractivity contribution in [3.63, 3.8) is 0 Å². The molecular weight excluding hydrogens is 399 g/mol. The maximum atomic E-state index is 13.8. The molecule has 0 aliphatic carbocycles. The number of carbonyl (C=O) groups is 1. The average Bonchev–Trinajstić information content (AvgIpc) is 2.79. The Morgan fingerprint density at radius 3 is 2.55 bits per heavy atom. The van der Waals surface area contributed by atoms with Crippen LogP contribution in [0.15, 0.2) is 53.3 Å². The molecule has 6 nitrogen and oxygen atoms in total. The van der Waals surface area contributed by atoms with Crippen LogP contribution in [0.3, 0.4) is 0 Å². The highest BCUT2D eigenvalue weighted by Crippen LogP contribution is 2.30. The summed E-state index contributed by atoms with van der Waals surface area (Å²) in [6.07, 6.45) is 1.22. The number of rotatable bonds is 5. The Kier molecular flexibility index (Phi) is 5.93. The molecule has 1 fully saturated rings. The van der Waals surface area contributed by atoms with Crippen molar-refractivity contribution in [2.75, 3.05) is 26.8 Å². The van der Waals surface area contributed by atoms with E-state index >= 15 is 0 Å². The molecule has 1 amide bonds. The lowest BCUT2D eigenvalue weighted by Crippen LogP contribution is -2.41. The fourth-order valence-electron chi connectivity index (χ4n) is 4.21. The van der Waals surface area contributed by atoms with Crippen LogP contribution in [0.2, 0.25) is 0 Å². The molecule has 162 valence electrons. The maximum absolute atomic E-state index is 13.8. The number of hydrogen-bond acceptors (Lipinski definition) is 4. The predicted molar refractivity (Wildman–Crippen MR) is 117 cm³/mol. The summed E-state index contributed by atoms with van der Waals surface area (Å²) in [5.41, 5.74) is 0.912. The summed E-state index contributed by atoms with van der Waals surface area (Å²) in [7, 11) is 1.53. The van der Waals surface area contributed by atoms with Crippen LogP contribution in [0.5, 0.6) is 11.5 Å². The monoisotopic (exact) mass is 424 g/mol. The van der Waals surface area contributed by atoms with E-state index in [1.165, 1.54) is 25.3 Å². The molecule has 0 unspecified atom stereocenters. The number of carbonyl (C=O) groups excluding carboxylic acids is 1. The number of pyridine rings is 1. The Bertz CT molecular complexity index is 1170. The normalized spacial score (nSPS) is 14.6. The molecule has 0 saturated carbocycles. The number of aromatic nitrogens is 1. The van der Waals surface area contributed by atoms with E-state index < -0.39 is 0 Å². The molecule has 2 aromatic carbocycles. The van der Waals surface area contributed by atoms with Crippen LogP contribution in [-0.2, 0) is 0 Å². The zero-order valence-corrected chi connectivity index (χ0v) is 17.6. The number of hydrogen-bond donors (Lipinski definition) is 0. The van der Waals surface area contributed by atoms with E-state index in [4.69, 9.17) is 9.47 Å². The SMILES string of the molecule is CCOc1ccc(C(=O)N2CCC(n3c(=O)ccc4ccc(F)cc43)CC2)c(OC)c1. The molecule has 1 aliphatic rings. The highest BCUT2D eigenvalue weighted by atomic mass is 19.1. The lowest BCUT2D eigenvalue weighted by atomic mass is 10.0. The van der Waals surface area contributed by atoms with Crippen LogP contribution in [0, 0.1) is 5.82 Å². The molecule has 31 heavy (non-hydrogen) atoms. The van der Waals surface area contributed by atoms with Crippen LogP contribution in [0.4, 0.5) is 4.39 Å². The molecule has 4 rings (SSSR count). The first-order valence-electron chi connectivity index (χ1n) is 10.4. The van der Waals surface area contributed by atoms with Gasteiger partial charge in [-0.15, -0.1) is 0 Å². The maximum Gasteiger partial charge on any atom is 0.257 e. The number of fused-ring (bicyclic) bond motifs is 1. The second-order valence-electron chi connectivity index (χ2n) is 7.56. The van der Waals surface area contributed by atoms with E-state index in [1.807, 2.05) is 6.92 Å². The van der Waals surface area contributed by atoms with E-state index in [-0.39, 0.29) is 23.3 Å². The van der Waals surface area contributed by atoms with Crippen molar-refractivity contribution in [1.29, 1.82) is 0 Å². The van der Waals surface area contributed by atoms with Crippen molar-refractivity contribution in [2.24, 2.45) is 0 Å². The molecule has 3 aromatic rings. The second-order valence-corrected chi connectivity index (χ2v) is 7.56. The molecule has 0 N–H and O–H groups in total. The zero-order chi connectivity index (χ0) is 22.0. The molecule has 0 spiro atoms. The number of halogens is 1. The Labute approximate surface area is 179 Å².